The Morgan fingerprint density at radius 2 is 2.60 bits per heavy atom. The van der Waals surface area contributed by atoms with Crippen molar-refractivity contribution in [3.8, 4) is 0 Å². The van der Waals surface area contributed by atoms with E-state index in [-0.39, 0.29) is 0 Å². The third kappa shape index (κ3) is 2.15. The molecule has 1 aromatic rings. The van der Waals surface area contributed by atoms with E-state index in [0.717, 1.165) is 4.47 Å². The first-order valence-electron chi connectivity index (χ1n) is 2.70. The Morgan fingerprint density at radius 1 is 1.90 bits per heavy atom. The average molecular weight is 221 g/mol. The highest BCUT2D eigenvalue weighted by Crippen LogP contribution is 2.08. The molecule has 0 amide bonds. The lowest BCUT2D eigenvalue weighted by molar-refractivity contribution is 0.695. The Bertz CT molecular complexity index is 244. The Kier molecular flexibility index (Phi) is 2.51. The Labute approximate surface area is 72.6 Å². The van der Waals surface area contributed by atoms with Crippen LogP contribution in [0.25, 0.3) is 0 Å². The molecule has 0 saturated carbocycles. The first kappa shape index (κ1) is 7.82. The molecule has 0 atom stereocenters. The van der Waals surface area contributed by atoms with E-state index in [2.05, 4.69) is 27.6 Å². The molecule has 1 aromatic heterocycles. The minimum Gasteiger partial charge on any atom is -0.266 e. The van der Waals surface area contributed by atoms with Gasteiger partial charge in [-0.05, 0) is 15.9 Å². The summed E-state index contributed by atoms with van der Waals surface area (Å²) in [5.74, 6) is 0. The SMILES string of the molecule is C=C(Cl)Cn1cc(Br)cn1. The summed E-state index contributed by atoms with van der Waals surface area (Å²) in [6.45, 7) is 4.11. The number of allylic oxidation sites excluding steroid dienone is 1. The van der Waals surface area contributed by atoms with Gasteiger partial charge in [-0.3, -0.25) is 4.68 Å². The molecule has 0 spiro atoms. The molecule has 54 valence electrons. The second-order valence-corrected chi connectivity index (χ2v) is 3.32. The van der Waals surface area contributed by atoms with Crippen LogP contribution < -0.4 is 0 Å². The van der Waals surface area contributed by atoms with Crippen molar-refractivity contribution in [2.24, 2.45) is 0 Å². The fourth-order valence-corrected chi connectivity index (χ4v) is 1.05. The van der Waals surface area contributed by atoms with E-state index in [0.29, 0.717) is 11.6 Å². The van der Waals surface area contributed by atoms with Crippen molar-refractivity contribution in [1.29, 1.82) is 0 Å². The standard InChI is InChI=1S/C6H6BrClN2/c1-5(8)3-10-4-6(7)2-9-10/h2,4H,1,3H2. The molecule has 2 nitrogen and oxygen atoms in total. The third-order valence-corrected chi connectivity index (χ3v) is 1.46. The van der Waals surface area contributed by atoms with Crippen LogP contribution in [0.5, 0.6) is 0 Å². The summed E-state index contributed by atoms with van der Waals surface area (Å²) in [6, 6.07) is 0. The van der Waals surface area contributed by atoms with Gasteiger partial charge in [-0.15, -0.1) is 0 Å². The van der Waals surface area contributed by atoms with E-state index in [1.807, 2.05) is 6.20 Å². The van der Waals surface area contributed by atoms with E-state index in [9.17, 15) is 0 Å². The van der Waals surface area contributed by atoms with Crippen molar-refractivity contribution >= 4 is 27.5 Å². The average Bonchev–Trinajstić information content (AvgIpc) is 2.13. The largest absolute Gasteiger partial charge is 0.266 e. The molecule has 0 aromatic carbocycles. The van der Waals surface area contributed by atoms with Gasteiger partial charge in [-0.1, -0.05) is 18.2 Å². The molecule has 0 aliphatic heterocycles. The summed E-state index contributed by atoms with van der Waals surface area (Å²) in [6.07, 6.45) is 3.55. The number of hydrogen-bond donors (Lipinski definition) is 0. The molecule has 0 saturated heterocycles. The number of halogens is 2. The van der Waals surface area contributed by atoms with Crippen LogP contribution in [0.3, 0.4) is 0 Å². The zero-order valence-electron chi connectivity index (χ0n) is 5.22. The molecule has 0 N–H and O–H groups in total. The van der Waals surface area contributed by atoms with Crippen LogP contribution in [-0.2, 0) is 6.54 Å². The van der Waals surface area contributed by atoms with Crippen molar-refractivity contribution in [1.82, 2.24) is 9.78 Å². The lowest BCUT2D eigenvalue weighted by Gasteiger charge is -1.95. The highest BCUT2D eigenvalue weighted by Gasteiger charge is 1.94. The van der Waals surface area contributed by atoms with Crippen LogP contribution in [-0.4, -0.2) is 9.78 Å². The second kappa shape index (κ2) is 3.21. The zero-order chi connectivity index (χ0) is 7.56. The van der Waals surface area contributed by atoms with Crippen LogP contribution in [0, 0.1) is 0 Å². The predicted molar refractivity (Wildman–Crippen MR) is 44.9 cm³/mol. The summed E-state index contributed by atoms with van der Waals surface area (Å²) in [7, 11) is 0. The summed E-state index contributed by atoms with van der Waals surface area (Å²) in [4.78, 5) is 0. The fourth-order valence-electron chi connectivity index (χ4n) is 0.601. The molecular formula is C6H6BrClN2. The fraction of sp³-hybridized carbons (Fsp3) is 0.167. The van der Waals surface area contributed by atoms with E-state index in [1.165, 1.54) is 0 Å². The van der Waals surface area contributed by atoms with Gasteiger partial charge in [0.25, 0.3) is 0 Å². The topological polar surface area (TPSA) is 17.8 Å². The molecular weight excluding hydrogens is 215 g/mol. The van der Waals surface area contributed by atoms with E-state index in [1.54, 1.807) is 10.9 Å². The van der Waals surface area contributed by atoms with Crippen LogP contribution in [0.1, 0.15) is 0 Å². The number of aromatic nitrogens is 2. The smallest absolute Gasteiger partial charge is 0.0760 e. The van der Waals surface area contributed by atoms with E-state index < -0.39 is 0 Å². The zero-order valence-corrected chi connectivity index (χ0v) is 7.56. The molecule has 0 aliphatic rings. The van der Waals surface area contributed by atoms with Crippen molar-refractivity contribution in [2.75, 3.05) is 0 Å². The first-order valence-corrected chi connectivity index (χ1v) is 3.87. The molecule has 0 fully saturated rings. The predicted octanol–water partition coefficient (Wildman–Crippen LogP) is 2.40. The van der Waals surface area contributed by atoms with Gasteiger partial charge in [0, 0.05) is 11.2 Å². The molecule has 10 heavy (non-hydrogen) atoms. The minimum absolute atomic E-state index is 0.563. The molecule has 0 aliphatic carbocycles. The van der Waals surface area contributed by atoms with E-state index in [4.69, 9.17) is 11.6 Å². The normalized spacial score (nSPS) is 9.80. The van der Waals surface area contributed by atoms with Crippen LogP contribution >= 0.6 is 27.5 Å². The molecule has 1 heterocycles. The monoisotopic (exact) mass is 220 g/mol. The van der Waals surface area contributed by atoms with Gasteiger partial charge in [0.1, 0.15) is 0 Å². The summed E-state index contributed by atoms with van der Waals surface area (Å²) in [5, 5.41) is 4.56. The van der Waals surface area contributed by atoms with Gasteiger partial charge < -0.3 is 0 Å². The maximum atomic E-state index is 5.55. The molecule has 0 bridgehead atoms. The molecule has 4 heteroatoms. The molecule has 0 unspecified atom stereocenters. The number of nitrogens with zero attached hydrogens (tertiary/aromatic N) is 2. The van der Waals surface area contributed by atoms with Crippen molar-refractivity contribution in [2.45, 2.75) is 6.54 Å². The summed E-state index contributed by atoms with van der Waals surface area (Å²) < 4.78 is 2.66. The molecule has 1 rings (SSSR count). The maximum absolute atomic E-state index is 5.55. The van der Waals surface area contributed by atoms with Gasteiger partial charge in [-0.25, -0.2) is 0 Å². The lowest BCUT2D eigenvalue weighted by Crippen LogP contribution is -1.96. The summed E-state index contributed by atoms with van der Waals surface area (Å²) in [5.41, 5.74) is 0. The molecule has 0 radical (unpaired) electrons. The Morgan fingerprint density at radius 3 is 3.00 bits per heavy atom. The van der Waals surface area contributed by atoms with Gasteiger partial charge in [0.2, 0.25) is 0 Å². The Balaban J connectivity index is 2.67. The van der Waals surface area contributed by atoms with Gasteiger partial charge in [-0.2, -0.15) is 5.10 Å². The third-order valence-electron chi connectivity index (χ3n) is 0.935. The maximum Gasteiger partial charge on any atom is 0.0760 e. The highest BCUT2D eigenvalue weighted by atomic mass is 79.9. The van der Waals surface area contributed by atoms with Crippen LogP contribution in [0.4, 0.5) is 0 Å². The van der Waals surface area contributed by atoms with Crippen molar-refractivity contribution in [3.05, 3.63) is 28.5 Å². The van der Waals surface area contributed by atoms with Crippen LogP contribution in [0.15, 0.2) is 28.5 Å². The van der Waals surface area contributed by atoms with Gasteiger partial charge in [0.15, 0.2) is 0 Å². The number of rotatable bonds is 2. The second-order valence-electron chi connectivity index (χ2n) is 1.87. The van der Waals surface area contributed by atoms with Crippen molar-refractivity contribution in [3.63, 3.8) is 0 Å². The Hall–Kier alpha value is -0.280. The summed E-state index contributed by atoms with van der Waals surface area (Å²) >= 11 is 8.82. The lowest BCUT2D eigenvalue weighted by atomic mass is 10.6. The highest BCUT2D eigenvalue weighted by molar-refractivity contribution is 9.10. The first-order chi connectivity index (χ1) is 4.68. The quantitative estimate of drug-likeness (QED) is 0.750. The van der Waals surface area contributed by atoms with Crippen LogP contribution in [0.2, 0.25) is 0 Å². The van der Waals surface area contributed by atoms with Gasteiger partial charge in [0.05, 0.1) is 17.2 Å². The minimum atomic E-state index is 0.563. The number of hydrogen-bond acceptors (Lipinski definition) is 1. The van der Waals surface area contributed by atoms with Crippen molar-refractivity contribution < 1.29 is 0 Å². The van der Waals surface area contributed by atoms with Gasteiger partial charge >= 0.3 is 0 Å². The van der Waals surface area contributed by atoms with E-state index >= 15 is 0 Å².